The molecule has 0 aliphatic carbocycles. The largest absolute Gasteiger partial charge is 0.493 e. The lowest BCUT2D eigenvalue weighted by atomic mass is 10.2. The van der Waals surface area contributed by atoms with Crippen LogP contribution in [0.5, 0.6) is 5.75 Å². The highest BCUT2D eigenvalue weighted by Crippen LogP contribution is 2.21. The lowest BCUT2D eigenvalue weighted by Crippen LogP contribution is -2.21. The van der Waals surface area contributed by atoms with E-state index in [1.54, 1.807) is 0 Å². The third-order valence-corrected chi connectivity index (χ3v) is 3.45. The second kappa shape index (κ2) is 7.59. The molecule has 2 aromatic rings. The lowest BCUT2D eigenvalue weighted by Gasteiger charge is -2.21. The van der Waals surface area contributed by atoms with Crippen LogP contribution in [0.25, 0.3) is 0 Å². The van der Waals surface area contributed by atoms with E-state index in [2.05, 4.69) is 61.2 Å². The fourth-order valence-corrected chi connectivity index (χ4v) is 2.29. The molecule has 0 N–H and O–H groups in total. The molecule has 0 spiro atoms. The number of anilines is 1. The standard InChI is InChI=1S/C18H23NO/c1-3-19(4-2)17-11-8-12-18(15-17)20-14-13-16-9-6-5-7-10-16/h5-12,15H,3-4,13-14H2,1-2H3. The molecule has 0 atom stereocenters. The Morgan fingerprint density at radius 3 is 2.35 bits per heavy atom. The average molecular weight is 269 g/mol. The number of nitrogens with zero attached hydrogens (tertiary/aromatic N) is 1. The minimum Gasteiger partial charge on any atom is -0.493 e. The summed E-state index contributed by atoms with van der Waals surface area (Å²) in [6.07, 6.45) is 0.941. The quantitative estimate of drug-likeness (QED) is 0.748. The Morgan fingerprint density at radius 2 is 1.65 bits per heavy atom. The van der Waals surface area contributed by atoms with Gasteiger partial charge in [0.1, 0.15) is 5.75 Å². The number of rotatable bonds is 7. The van der Waals surface area contributed by atoms with Crippen molar-refractivity contribution in [2.75, 3.05) is 24.6 Å². The van der Waals surface area contributed by atoms with Gasteiger partial charge in [0.15, 0.2) is 0 Å². The van der Waals surface area contributed by atoms with Crippen LogP contribution in [-0.2, 0) is 6.42 Å². The summed E-state index contributed by atoms with van der Waals surface area (Å²) in [5.41, 5.74) is 2.54. The van der Waals surface area contributed by atoms with E-state index in [-0.39, 0.29) is 0 Å². The normalized spacial score (nSPS) is 10.3. The second-order valence-electron chi connectivity index (χ2n) is 4.75. The van der Waals surface area contributed by atoms with Gasteiger partial charge in [-0.05, 0) is 31.5 Å². The SMILES string of the molecule is CCN(CC)c1cccc(OCCc2ccccc2)c1. The molecule has 0 fully saturated rings. The molecule has 20 heavy (non-hydrogen) atoms. The molecule has 2 aromatic carbocycles. The van der Waals surface area contributed by atoms with Crippen LogP contribution in [0.4, 0.5) is 5.69 Å². The Kier molecular flexibility index (Phi) is 5.48. The van der Waals surface area contributed by atoms with Crippen molar-refractivity contribution in [3.8, 4) is 5.75 Å². The molecule has 0 saturated carbocycles. The van der Waals surface area contributed by atoms with Crippen molar-refractivity contribution >= 4 is 5.69 Å². The van der Waals surface area contributed by atoms with Crippen LogP contribution in [0.2, 0.25) is 0 Å². The van der Waals surface area contributed by atoms with Gasteiger partial charge in [-0.2, -0.15) is 0 Å². The zero-order valence-corrected chi connectivity index (χ0v) is 12.4. The summed E-state index contributed by atoms with van der Waals surface area (Å²) < 4.78 is 5.86. The number of ether oxygens (including phenoxy) is 1. The molecule has 0 amide bonds. The van der Waals surface area contributed by atoms with E-state index in [1.807, 2.05) is 12.1 Å². The van der Waals surface area contributed by atoms with Gasteiger partial charge in [-0.3, -0.25) is 0 Å². The molecule has 0 aliphatic heterocycles. The van der Waals surface area contributed by atoms with E-state index < -0.39 is 0 Å². The average Bonchev–Trinajstić information content (AvgIpc) is 2.50. The summed E-state index contributed by atoms with van der Waals surface area (Å²) in [5, 5.41) is 0. The van der Waals surface area contributed by atoms with Crippen LogP contribution in [0.1, 0.15) is 19.4 Å². The molecule has 2 heteroatoms. The molecule has 2 rings (SSSR count). The smallest absolute Gasteiger partial charge is 0.121 e. The van der Waals surface area contributed by atoms with E-state index in [9.17, 15) is 0 Å². The van der Waals surface area contributed by atoms with Crippen molar-refractivity contribution < 1.29 is 4.74 Å². The van der Waals surface area contributed by atoms with Gasteiger partial charge >= 0.3 is 0 Å². The summed E-state index contributed by atoms with van der Waals surface area (Å²) in [6, 6.07) is 18.8. The van der Waals surface area contributed by atoms with Crippen LogP contribution in [0.15, 0.2) is 54.6 Å². The van der Waals surface area contributed by atoms with Gasteiger partial charge in [0, 0.05) is 31.3 Å². The van der Waals surface area contributed by atoms with E-state index in [0.717, 1.165) is 25.3 Å². The Bertz CT molecular complexity index is 506. The maximum atomic E-state index is 5.86. The second-order valence-corrected chi connectivity index (χ2v) is 4.75. The molecule has 0 unspecified atom stereocenters. The zero-order chi connectivity index (χ0) is 14.2. The lowest BCUT2D eigenvalue weighted by molar-refractivity contribution is 0.322. The first-order chi connectivity index (χ1) is 9.83. The molecule has 0 bridgehead atoms. The number of hydrogen-bond donors (Lipinski definition) is 0. The molecule has 0 radical (unpaired) electrons. The third-order valence-electron chi connectivity index (χ3n) is 3.45. The van der Waals surface area contributed by atoms with Gasteiger partial charge in [0.25, 0.3) is 0 Å². The molecule has 106 valence electrons. The van der Waals surface area contributed by atoms with E-state index in [0.29, 0.717) is 6.61 Å². The van der Waals surface area contributed by atoms with Gasteiger partial charge in [0.05, 0.1) is 6.61 Å². The summed E-state index contributed by atoms with van der Waals surface area (Å²) >= 11 is 0. The predicted molar refractivity (Wildman–Crippen MR) is 85.6 cm³/mol. The third kappa shape index (κ3) is 4.02. The van der Waals surface area contributed by atoms with Crippen LogP contribution >= 0.6 is 0 Å². The number of hydrogen-bond acceptors (Lipinski definition) is 2. The van der Waals surface area contributed by atoms with Crippen molar-refractivity contribution in [3.63, 3.8) is 0 Å². The fourth-order valence-electron chi connectivity index (χ4n) is 2.29. The van der Waals surface area contributed by atoms with Crippen molar-refractivity contribution in [1.82, 2.24) is 0 Å². The first-order valence-corrected chi connectivity index (χ1v) is 7.35. The molecule has 0 saturated heterocycles. The molecule has 0 aliphatic rings. The van der Waals surface area contributed by atoms with Gasteiger partial charge in [-0.25, -0.2) is 0 Å². The van der Waals surface area contributed by atoms with Crippen LogP contribution in [-0.4, -0.2) is 19.7 Å². The first kappa shape index (κ1) is 14.4. The predicted octanol–water partition coefficient (Wildman–Crippen LogP) is 4.15. The van der Waals surface area contributed by atoms with Gasteiger partial charge in [-0.15, -0.1) is 0 Å². The van der Waals surface area contributed by atoms with Crippen LogP contribution in [0.3, 0.4) is 0 Å². The van der Waals surface area contributed by atoms with Gasteiger partial charge in [0.2, 0.25) is 0 Å². The van der Waals surface area contributed by atoms with Crippen molar-refractivity contribution in [3.05, 3.63) is 60.2 Å². The Labute approximate surface area is 122 Å². The molecular formula is C18H23NO. The highest BCUT2D eigenvalue weighted by molar-refractivity contribution is 5.50. The Balaban J connectivity index is 1.91. The monoisotopic (exact) mass is 269 g/mol. The highest BCUT2D eigenvalue weighted by Gasteiger charge is 2.03. The molecule has 0 aromatic heterocycles. The van der Waals surface area contributed by atoms with Crippen LogP contribution < -0.4 is 9.64 Å². The number of benzene rings is 2. The summed E-state index contributed by atoms with van der Waals surface area (Å²) in [6.45, 7) is 7.10. The van der Waals surface area contributed by atoms with Crippen molar-refractivity contribution in [1.29, 1.82) is 0 Å². The van der Waals surface area contributed by atoms with Crippen molar-refractivity contribution in [2.24, 2.45) is 0 Å². The molecule has 2 nitrogen and oxygen atoms in total. The fraction of sp³-hybridized carbons (Fsp3) is 0.333. The minimum absolute atomic E-state index is 0.714. The van der Waals surface area contributed by atoms with Crippen molar-refractivity contribution in [2.45, 2.75) is 20.3 Å². The maximum absolute atomic E-state index is 5.86. The minimum atomic E-state index is 0.714. The first-order valence-electron chi connectivity index (χ1n) is 7.35. The topological polar surface area (TPSA) is 12.5 Å². The molecule has 0 heterocycles. The molecular weight excluding hydrogens is 246 g/mol. The van der Waals surface area contributed by atoms with Crippen LogP contribution in [0, 0.1) is 0 Å². The zero-order valence-electron chi connectivity index (χ0n) is 12.4. The highest BCUT2D eigenvalue weighted by atomic mass is 16.5. The van der Waals surface area contributed by atoms with Gasteiger partial charge < -0.3 is 9.64 Å². The van der Waals surface area contributed by atoms with E-state index in [1.165, 1.54) is 11.3 Å². The Hall–Kier alpha value is -1.96. The maximum Gasteiger partial charge on any atom is 0.121 e. The van der Waals surface area contributed by atoms with E-state index >= 15 is 0 Å². The summed E-state index contributed by atoms with van der Waals surface area (Å²) in [4.78, 5) is 2.32. The summed E-state index contributed by atoms with van der Waals surface area (Å²) in [7, 11) is 0. The summed E-state index contributed by atoms with van der Waals surface area (Å²) in [5.74, 6) is 0.949. The van der Waals surface area contributed by atoms with E-state index in [4.69, 9.17) is 4.74 Å². The Morgan fingerprint density at radius 1 is 0.900 bits per heavy atom. The van der Waals surface area contributed by atoms with Gasteiger partial charge in [-0.1, -0.05) is 36.4 Å².